The third kappa shape index (κ3) is 2.02. The zero-order valence-electron chi connectivity index (χ0n) is 9.79. The Morgan fingerprint density at radius 3 is 2.50 bits per heavy atom. The van der Waals surface area contributed by atoms with Gasteiger partial charge in [0, 0.05) is 5.39 Å². The van der Waals surface area contributed by atoms with Crippen LogP contribution in [0.3, 0.4) is 0 Å². The first-order valence-electron chi connectivity index (χ1n) is 5.56. The second-order valence-corrected chi connectivity index (χ2v) is 3.83. The van der Waals surface area contributed by atoms with Crippen molar-refractivity contribution >= 4 is 10.8 Å². The molecular formula is C14H17NO. The van der Waals surface area contributed by atoms with Crippen molar-refractivity contribution in [3.8, 4) is 5.75 Å². The fourth-order valence-corrected chi connectivity index (χ4v) is 1.99. The Morgan fingerprint density at radius 2 is 1.81 bits per heavy atom. The van der Waals surface area contributed by atoms with Gasteiger partial charge < -0.3 is 10.1 Å². The van der Waals surface area contributed by atoms with Gasteiger partial charge in [-0.15, -0.1) is 0 Å². The summed E-state index contributed by atoms with van der Waals surface area (Å²) in [6, 6.07) is 12.6. The molecule has 2 aromatic carbocycles. The number of fused-ring (bicyclic) bond motifs is 1. The standard InChI is InChI=1S/C14H17NO/c1-15-10-9-11-7-8-14(16-2)13-6-4-3-5-12(11)13/h3-8,15H,9-10H2,1-2H3. The normalized spacial score (nSPS) is 10.6. The molecule has 2 nitrogen and oxygen atoms in total. The van der Waals surface area contributed by atoms with Crippen molar-refractivity contribution in [3.05, 3.63) is 42.0 Å². The predicted octanol–water partition coefficient (Wildman–Crippen LogP) is 2.61. The summed E-state index contributed by atoms with van der Waals surface area (Å²) in [5.74, 6) is 0.948. The summed E-state index contributed by atoms with van der Waals surface area (Å²) in [5.41, 5.74) is 1.37. The molecule has 1 N–H and O–H groups in total. The molecule has 84 valence electrons. The molecule has 0 bridgehead atoms. The highest BCUT2D eigenvalue weighted by Crippen LogP contribution is 2.28. The maximum atomic E-state index is 5.37. The van der Waals surface area contributed by atoms with Crippen molar-refractivity contribution in [1.82, 2.24) is 5.32 Å². The molecular weight excluding hydrogens is 198 g/mol. The van der Waals surface area contributed by atoms with E-state index in [4.69, 9.17) is 4.74 Å². The Kier molecular flexibility index (Phi) is 3.42. The molecule has 2 rings (SSSR count). The van der Waals surface area contributed by atoms with E-state index in [1.165, 1.54) is 16.3 Å². The highest BCUT2D eigenvalue weighted by Gasteiger charge is 2.04. The van der Waals surface area contributed by atoms with Crippen molar-refractivity contribution in [2.45, 2.75) is 6.42 Å². The molecule has 0 saturated carbocycles. The third-order valence-electron chi connectivity index (χ3n) is 2.84. The van der Waals surface area contributed by atoms with E-state index in [2.05, 4.69) is 29.6 Å². The average Bonchev–Trinajstić information content (AvgIpc) is 2.36. The van der Waals surface area contributed by atoms with Gasteiger partial charge in [0.15, 0.2) is 0 Å². The summed E-state index contributed by atoms with van der Waals surface area (Å²) in [7, 11) is 3.70. The molecule has 2 aromatic rings. The first kappa shape index (κ1) is 11.0. The number of hydrogen-bond acceptors (Lipinski definition) is 2. The number of nitrogens with one attached hydrogen (secondary N) is 1. The predicted molar refractivity (Wildman–Crippen MR) is 68.1 cm³/mol. The van der Waals surface area contributed by atoms with Crippen LogP contribution in [0, 0.1) is 0 Å². The van der Waals surface area contributed by atoms with Crippen LogP contribution in [0.25, 0.3) is 10.8 Å². The molecule has 0 aromatic heterocycles. The maximum absolute atomic E-state index is 5.37. The number of benzene rings is 2. The topological polar surface area (TPSA) is 21.3 Å². The van der Waals surface area contributed by atoms with Gasteiger partial charge in [-0.2, -0.15) is 0 Å². The van der Waals surface area contributed by atoms with Gasteiger partial charge in [0.2, 0.25) is 0 Å². The molecule has 0 aliphatic rings. The van der Waals surface area contributed by atoms with E-state index in [1.54, 1.807) is 7.11 Å². The van der Waals surface area contributed by atoms with E-state index in [0.29, 0.717) is 0 Å². The Bertz CT molecular complexity index is 479. The second-order valence-electron chi connectivity index (χ2n) is 3.83. The van der Waals surface area contributed by atoms with Crippen LogP contribution in [-0.2, 0) is 6.42 Å². The summed E-state index contributed by atoms with van der Waals surface area (Å²) < 4.78 is 5.37. The molecule has 0 heterocycles. The number of likely N-dealkylation sites (N-methyl/N-ethyl adjacent to an activating group) is 1. The minimum atomic E-state index is 0.948. The summed E-state index contributed by atoms with van der Waals surface area (Å²) in [6.45, 7) is 0.996. The Labute approximate surface area is 96.2 Å². The highest BCUT2D eigenvalue weighted by molar-refractivity contribution is 5.91. The van der Waals surface area contributed by atoms with Crippen LogP contribution in [0.15, 0.2) is 36.4 Å². The van der Waals surface area contributed by atoms with Crippen LogP contribution in [-0.4, -0.2) is 20.7 Å². The number of hydrogen-bond donors (Lipinski definition) is 1. The van der Waals surface area contributed by atoms with Gasteiger partial charge in [-0.1, -0.05) is 30.3 Å². The molecule has 0 saturated heterocycles. The lowest BCUT2D eigenvalue weighted by Gasteiger charge is -2.10. The molecule has 0 amide bonds. The summed E-state index contributed by atoms with van der Waals surface area (Å²) >= 11 is 0. The van der Waals surface area contributed by atoms with Gasteiger partial charge in [-0.05, 0) is 37.0 Å². The van der Waals surface area contributed by atoms with Crippen LogP contribution in [0.4, 0.5) is 0 Å². The molecule has 2 heteroatoms. The molecule has 0 radical (unpaired) electrons. The van der Waals surface area contributed by atoms with Crippen LogP contribution >= 0.6 is 0 Å². The molecule has 0 aliphatic heterocycles. The molecule has 0 unspecified atom stereocenters. The SMILES string of the molecule is CNCCc1ccc(OC)c2ccccc12. The van der Waals surface area contributed by atoms with Crippen molar-refractivity contribution in [2.24, 2.45) is 0 Å². The first-order valence-corrected chi connectivity index (χ1v) is 5.56. The van der Waals surface area contributed by atoms with Crippen LogP contribution < -0.4 is 10.1 Å². The minimum absolute atomic E-state index is 0.948. The van der Waals surface area contributed by atoms with Crippen molar-refractivity contribution < 1.29 is 4.74 Å². The van der Waals surface area contributed by atoms with E-state index in [0.717, 1.165) is 18.7 Å². The summed E-state index contributed by atoms with van der Waals surface area (Å²) in [5, 5.41) is 5.66. The van der Waals surface area contributed by atoms with E-state index in [-0.39, 0.29) is 0 Å². The van der Waals surface area contributed by atoms with Crippen LogP contribution in [0.1, 0.15) is 5.56 Å². The van der Waals surface area contributed by atoms with Crippen LogP contribution in [0.5, 0.6) is 5.75 Å². The quantitative estimate of drug-likeness (QED) is 0.846. The van der Waals surface area contributed by atoms with E-state index in [9.17, 15) is 0 Å². The maximum Gasteiger partial charge on any atom is 0.126 e. The molecule has 16 heavy (non-hydrogen) atoms. The van der Waals surface area contributed by atoms with E-state index < -0.39 is 0 Å². The van der Waals surface area contributed by atoms with Gasteiger partial charge in [-0.3, -0.25) is 0 Å². The van der Waals surface area contributed by atoms with E-state index >= 15 is 0 Å². The van der Waals surface area contributed by atoms with Crippen molar-refractivity contribution in [1.29, 1.82) is 0 Å². The number of rotatable bonds is 4. The minimum Gasteiger partial charge on any atom is -0.496 e. The second kappa shape index (κ2) is 4.99. The summed E-state index contributed by atoms with van der Waals surface area (Å²) in [6.07, 6.45) is 1.04. The van der Waals surface area contributed by atoms with E-state index in [1.807, 2.05) is 19.2 Å². The van der Waals surface area contributed by atoms with Gasteiger partial charge in [0.05, 0.1) is 7.11 Å². The number of ether oxygens (including phenoxy) is 1. The first-order chi connectivity index (χ1) is 7.86. The van der Waals surface area contributed by atoms with Gasteiger partial charge >= 0.3 is 0 Å². The lowest BCUT2D eigenvalue weighted by molar-refractivity contribution is 0.419. The Hall–Kier alpha value is -1.54. The van der Waals surface area contributed by atoms with Crippen LogP contribution in [0.2, 0.25) is 0 Å². The fourth-order valence-electron chi connectivity index (χ4n) is 1.99. The molecule has 0 fully saturated rings. The monoisotopic (exact) mass is 215 g/mol. The lowest BCUT2D eigenvalue weighted by Crippen LogP contribution is -2.10. The zero-order valence-corrected chi connectivity index (χ0v) is 9.79. The summed E-state index contributed by atoms with van der Waals surface area (Å²) in [4.78, 5) is 0. The Morgan fingerprint density at radius 1 is 1.06 bits per heavy atom. The largest absolute Gasteiger partial charge is 0.496 e. The van der Waals surface area contributed by atoms with Gasteiger partial charge in [-0.25, -0.2) is 0 Å². The molecule has 0 spiro atoms. The Balaban J connectivity index is 2.51. The lowest BCUT2D eigenvalue weighted by atomic mass is 10.0. The molecule has 0 aliphatic carbocycles. The fraction of sp³-hybridized carbons (Fsp3) is 0.286. The zero-order chi connectivity index (χ0) is 11.4. The van der Waals surface area contributed by atoms with Crippen molar-refractivity contribution in [3.63, 3.8) is 0 Å². The molecule has 0 atom stereocenters. The van der Waals surface area contributed by atoms with Crippen molar-refractivity contribution in [2.75, 3.05) is 20.7 Å². The smallest absolute Gasteiger partial charge is 0.126 e. The average molecular weight is 215 g/mol. The third-order valence-corrected chi connectivity index (χ3v) is 2.84. The highest BCUT2D eigenvalue weighted by atomic mass is 16.5. The van der Waals surface area contributed by atoms with Gasteiger partial charge in [0.1, 0.15) is 5.75 Å². The number of methoxy groups -OCH3 is 1. The van der Waals surface area contributed by atoms with Gasteiger partial charge in [0.25, 0.3) is 0 Å².